The Balaban J connectivity index is 1.98. The van der Waals surface area contributed by atoms with Crippen LogP contribution in [0.4, 0.5) is 10.1 Å². The first-order chi connectivity index (χ1) is 12.7. The van der Waals surface area contributed by atoms with E-state index in [1.807, 2.05) is 0 Å². The maximum Gasteiger partial charge on any atom is 0.331 e. The van der Waals surface area contributed by atoms with E-state index < -0.39 is 33.7 Å². The minimum absolute atomic E-state index is 0.224. The van der Waals surface area contributed by atoms with Crippen molar-refractivity contribution in [3.63, 3.8) is 0 Å². The molecule has 0 aliphatic rings. The number of carbonyl (C=O) groups is 2. The van der Waals surface area contributed by atoms with Crippen LogP contribution in [0.2, 0.25) is 0 Å². The lowest BCUT2D eigenvalue weighted by Gasteiger charge is -2.11. The van der Waals surface area contributed by atoms with Gasteiger partial charge in [-0.25, -0.2) is 17.6 Å². The summed E-state index contributed by atoms with van der Waals surface area (Å²) >= 11 is 0. The van der Waals surface area contributed by atoms with Crippen LogP contribution in [0.3, 0.4) is 0 Å². The topological polar surface area (TPSA) is 89.5 Å². The highest BCUT2D eigenvalue weighted by Gasteiger charge is 2.18. The Kier molecular flexibility index (Phi) is 6.46. The summed E-state index contributed by atoms with van der Waals surface area (Å²) in [6, 6.07) is 11.6. The fraction of sp³-hybridized carbons (Fsp3) is 0.158. The number of hydrogen-bond donors (Lipinski definition) is 1. The summed E-state index contributed by atoms with van der Waals surface area (Å²) in [5.74, 6) is -1.71. The molecule has 6 nitrogen and oxygen atoms in total. The van der Waals surface area contributed by atoms with E-state index >= 15 is 0 Å². The van der Waals surface area contributed by atoms with Crippen molar-refractivity contribution in [3.8, 4) is 0 Å². The highest BCUT2D eigenvalue weighted by atomic mass is 32.2. The predicted octanol–water partition coefficient (Wildman–Crippen LogP) is 3.03. The van der Waals surface area contributed by atoms with Gasteiger partial charge in [0.2, 0.25) is 15.8 Å². The van der Waals surface area contributed by atoms with Gasteiger partial charge in [-0.2, -0.15) is 0 Å². The number of ether oxygens (including phenoxy) is 1. The van der Waals surface area contributed by atoms with Gasteiger partial charge in [0.25, 0.3) is 0 Å². The Labute approximate surface area is 156 Å². The number of benzene rings is 2. The van der Waals surface area contributed by atoms with Crippen molar-refractivity contribution in [1.29, 1.82) is 0 Å². The van der Waals surface area contributed by atoms with Gasteiger partial charge in [0.15, 0.2) is 6.10 Å². The first-order valence-corrected chi connectivity index (χ1v) is 9.80. The van der Waals surface area contributed by atoms with E-state index in [2.05, 4.69) is 4.72 Å². The summed E-state index contributed by atoms with van der Waals surface area (Å²) in [6.07, 6.45) is 2.26. The molecular formula is C19H18FNO5S. The van der Waals surface area contributed by atoms with E-state index in [1.165, 1.54) is 55.5 Å². The average molecular weight is 391 g/mol. The van der Waals surface area contributed by atoms with E-state index in [-0.39, 0.29) is 11.1 Å². The van der Waals surface area contributed by atoms with Gasteiger partial charge >= 0.3 is 5.97 Å². The zero-order valence-electron chi connectivity index (χ0n) is 14.7. The lowest BCUT2D eigenvalue weighted by atomic mass is 10.1. The molecule has 0 heterocycles. The number of anilines is 1. The molecule has 0 saturated carbocycles. The van der Waals surface area contributed by atoms with Gasteiger partial charge in [-0.3, -0.25) is 9.52 Å². The van der Waals surface area contributed by atoms with Crippen LogP contribution in [0.25, 0.3) is 6.08 Å². The average Bonchev–Trinajstić information content (AvgIpc) is 2.59. The zero-order chi connectivity index (χ0) is 20.0. The van der Waals surface area contributed by atoms with Crippen molar-refractivity contribution in [3.05, 3.63) is 71.6 Å². The third-order valence-corrected chi connectivity index (χ3v) is 4.05. The highest BCUT2D eigenvalue weighted by Crippen LogP contribution is 2.14. The minimum Gasteiger partial charge on any atom is -0.451 e. The molecule has 2 aromatic rings. The Morgan fingerprint density at radius 3 is 2.33 bits per heavy atom. The molecule has 142 valence electrons. The van der Waals surface area contributed by atoms with E-state index in [9.17, 15) is 22.4 Å². The third-order valence-electron chi connectivity index (χ3n) is 3.44. The van der Waals surface area contributed by atoms with Crippen LogP contribution in [0.1, 0.15) is 22.8 Å². The van der Waals surface area contributed by atoms with Gasteiger partial charge in [0.1, 0.15) is 5.82 Å². The largest absolute Gasteiger partial charge is 0.451 e. The van der Waals surface area contributed by atoms with Gasteiger partial charge < -0.3 is 4.74 Å². The number of esters is 1. The van der Waals surface area contributed by atoms with Gasteiger partial charge in [-0.15, -0.1) is 0 Å². The number of halogens is 1. The second-order valence-corrected chi connectivity index (χ2v) is 7.50. The van der Waals surface area contributed by atoms with Gasteiger partial charge in [0.05, 0.1) is 6.26 Å². The lowest BCUT2D eigenvalue weighted by molar-refractivity contribution is -0.140. The quantitative estimate of drug-likeness (QED) is 0.445. The van der Waals surface area contributed by atoms with Crippen molar-refractivity contribution >= 4 is 33.5 Å². The number of nitrogens with one attached hydrogen (secondary N) is 1. The number of rotatable bonds is 7. The number of ketones is 1. The molecule has 2 rings (SSSR count). The van der Waals surface area contributed by atoms with E-state index in [1.54, 1.807) is 6.07 Å². The predicted molar refractivity (Wildman–Crippen MR) is 100 cm³/mol. The van der Waals surface area contributed by atoms with Crippen LogP contribution in [0.5, 0.6) is 0 Å². The minimum atomic E-state index is -3.41. The Morgan fingerprint density at radius 1 is 1.11 bits per heavy atom. The molecule has 1 N–H and O–H groups in total. The summed E-state index contributed by atoms with van der Waals surface area (Å²) in [5, 5.41) is 0. The smallest absolute Gasteiger partial charge is 0.331 e. The van der Waals surface area contributed by atoms with E-state index in [4.69, 9.17) is 4.74 Å². The summed E-state index contributed by atoms with van der Waals surface area (Å²) < 4.78 is 43.1. The monoisotopic (exact) mass is 391 g/mol. The van der Waals surface area contributed by atoms with Crippen LogP contribution >= 0.6 is 0 Å². The second-order valence-electron chi connectivity index (χ2n) is 5.75. The molecule has 0 fully saturated rings. The summed E-state index contributed by atoms with van der Waals surface area (Å²) in [4.78, 5) is 24.1. The first kappa shape index (κ1) is 20.3. The Bertz CT molecular complexity index is 968. The molecule has 0 unspecified atom stereocenters. The van der Waals surface area contributed by atoms with Crippen LogP contribution < -0.4 is 4.72 Å². The molecule has 0 aromatic heterocycles. The van der Waals surface area contributed by atoms with Crippen molar-refractivity contribution in [1.82, 2.24) is 0 Å². The molecular weight excluding hydrogens is 373 g/mol. The molecule has 0 bridgehead atoms. The molecule has 0 amide bonds. The van der Waals surface area contributed by atoms with Crippen LogP contribution in [-0.2, 0) is 19.6 Å². The SMILES string of the molecule is C[C@@H](OC(=O)/C=C/c1ccccc1F)C(=O)c1ccc(NS(C)(=O)=O)cc1. The van der Waals surface area contributed by atoms with Crippen LogP contribution in [0, 0.1) is 5.82 Å². The molecule has 0 aliphatic carbocycles. The number of hydrogen-bond acceptors (Lipinski definition) is 5. The number of carbonyl (C=O) groups excluding carboxylic acids is 2. The normalized spacial score (nSPS) is 12.6. The van der Waals surface area contributed by atoms with Crippen LogP contribution in [-0.4, -0.2) is 32.5 Å². The van der Waals surface area contributed by atoms with Gasteiger partial charge in [-0.05, 0) is 43.3 Å². The molecule has 8 heteroatoms. The maximum atomic E-state index is 13.5. The lowest BCUT2D eigenvalue weighted by Crippen LogP contribution is -2.23. The Morgan fingerprint density at radius 2 is 1.74 bits per heavy atom. The third kappa shape index (κ3) is 6.34. The molecule has 2 aromatic carbocycles. The molecule has 1 atom stereocenters. The van der Waals surface area contributed by atoms with Crippen molar-refractivity contribution in [2.75, 3.05) is 11.0 Å². The maximum absolute atomic E-state index is 13.5. The second kappa shape index (κ2) is 8.59. The summed E-state index contributed by atoms with van der Waals surface area (Å²) in [7, 11) is -3.41. The van der Waals surface area contributed by atoms with Crippen molar-refractivity contribution in [2.24, 2.45) is 0 Å². The highest BCUT2D eigenvalue weighted by molar-refractivity contribution is 7.92. The fourth-order valence-electron chi connectivity index (χ4n) is 2.19. The zero-order valence-corrected chi connectivity index (χ0v) is 15.5. The Hall–Kier alpha value is -3.00. The fourth-order valence-corrected chi connectivity index (χ4v) is 2.75. The summed E-state index contributed by atoms with van der Waals surface area (Å²) in [6.45, 7) is 1.42. The number of sulfonamides is 1. The van der Waals surface area contributed by atoms with E-state index in [0.29, 0.717) is 5.69 Å². The molecule has 27 heavy (non-hydrogen) atoms. The standard InChI is InChI=1S/C19H18FNO5S/c1-13(26-18(22)12-9-14-5-3-4-6-17(14)20)19(23)15-7-10-16(11-8-15)21-27(2,24)25/h3-13,21H,1-2H3/b12-9+/t13-/m1/s1. The summed E-state index contributed by atoms with van der Waals surface area (Å²) in [5.41, 5.74) is 0.793. The van der Waals surface area contributed by atoms with Crippen molar-refractivity contribution in [2.45, 2.75) is 13.0 Å². The number of Topliss-reactive ketones (excluding diaryl/α,β-unsaturated/α-hetero) is 1. The van der Waals surface area contributed by atoms with Gasteiger partial charge in [0, 0.05) is 22.9 Å². The van der Waals surface area contributed by atoms with Gasteiger partial charge in [-0.1, -0.05) is 18.2 Å². The van der Waals surface area contributed by atoms with Crippen LogP contribution in [0.15, 0.2) is 54.6 Å². The first-order valence-electron chi connectivity index (χ1n) is 7.91. The molecule has 0 radical (unpaired) electrons. The molecule has 0 saturated heterocycles. The van der Waals surface area contributed by atoms with Crippen molar-refractivity contribution < 1.29 is 27.1 Å². The van der Waals surface area contributed by atoms with E-state index in [0.717, 1.165) is 12.3 Å². The molecule has 0 spiro atoms. The molecule has 0 aliphatic heterocycles.